The SMILES string of the molecule is CCNc1cc(C(=O)N[C@@H](Cc2ccccc2)[C@H](O)CNC(=O)O)cc(N2CCCCS2(=O)=O)c1. The number of amides is 2. The Kier molecular flexibility index (Phi) is 8.94. The van der Waals surface area contributed by atoms with E-state index in [4.69, 9.17) is 5.11 Å². The third-order valence-electron chi connectivity index (χ3n) is 5.74. The van der Waals surface area contributed by atoms with Crippen molar-refractivity contribution in [2.75, 3.05) is 35.0 Å². The monoisotopic (exact) mass is 504 g/mol. The van der Waals surface area contributed by atoms with Gasteiger partial charge in [0.2, 0.25) is 10.0 Å². The summed E-state index contributed by atoms with van der Waals surface area (Å²) in [7, 11) is -3.47. The molecule has 2 amide bonds. The van der Waals surface area contributed by atoms with Crippen LogP contribution in [0.4, 0.5) is 16.2 Å². The highest BCUT2D eigenvalue weighted by Gasteiger charge is 2.28. The summed E-state index contributed by atoms with van der Waals surface area (Å²) in [6.07, 6.45) is -0.861. The summed E-state index contributed by atoms with van der Waals surface area (Å²) in [6, 6.07) is 13.3. The molecule has 0 radical (unpaired) electrons. The number of rotatable bonds is 10. The number of hydrogen-bond acceptors (Lipinski definition) is 6. The zero-order valence-electron chi connectivity index (χ0n) is 19.6. The van der Waals surface area contributed by atoms with E-state index < -0.39 is 34.2 Å². The Balaban J connectivity index is 1.88. The summed E-state index contributed by atoms with van der Waals surface area (Å²) in [5, 5.41) is 27.6. The minimum atomic E-state index is -3.47. The van der Waals surface area contributed by atoms with E-state index in [2.05, 4.69) is 16.0 Å². The van der Waals surface area contributed by atoms with E-state index in [1.165, 1.54) is 10.4 Å². The lowest BCUT2D eigenvalue weighted by atomic mass is 10.0. The average molecular weight is 505 g/mol. The second-order valence-electron chi connectivity index (χ2n) is 8.42. The Bertz CT molecular complexity index is 1130. The van der Waals surface area contributed by atoms with Crippen molar-refractivity contribution in [1.82, 2.24) is 10.6 Å². The van der Waals surface area contributed by atoms with Crippen LogP contribution in [0.3, 0.4) is 0 Å². The third kappa shape index (κ3) is 7.33. The third-order valence-corrected chi connectivity index (χ3v) is 7.61. The van der Waals surface area contributed by atoms with Crippen molar-refractivity contribution >= 4 is 33.4 Å². The van der Waals surface area contributed by atoms with Gasteiger partial charge in [-0.2, -0.15) is 0 Å². The van der Waals surface area contributed by atoms with Crippen LogP contribution in [-0.2, 0) is 16.4 Å². The molecule has 1 heterocycles. The fourth-order valence-electron chi connectivity index (χ4n) is 4.01. The largest absolute Gasteiger partial charge is 0.465 e. The summed E-state index contributed by atoms with van der Waals surface area (Å²) in [4.78, 5) is 24.2. The number of aliphatic hydroxyl groups is 1. The van der Waals surface area contributed by atoms with Crippen LogP contribution in [0, 0.1) is 0 Å². The van der Waals surface area contributed by atoms with Gasteiger partial charge < -0.3 is 26.2 Å². The van der Waals surface area contributed by atoms with Gasteiger partial charge in [-0.25, -0.2) is 13.2 Å². The molecule has 3 rings (SSSR count). The van der Waals surface area contributed by atoms with Crippen LogP contribution in [0.25, 0.3) is 0 Å². The average Bonchev–Trinajstić information content (AvgIpc) is 2.82. The lowest BCUT2D eigenvalue weighted by Crippen LogP contribution is -2.49. The molecule has 190 valence electrons. The van der Waals surface area contributed by atoms with E-state index in [1.54, 1.807) is 12.1 Å². The van der Waals surface area contributed by atoms with E-state index in [0.29, 0.717) is 30.9 Å². The van der Waals surface area contributed by atoms with Gasteiger partial charge >= 0.3 is 6.09 Å². The van der Waals surface area contributed by atoms with Crippen LogP contribution in [0.2, 0.25) is 0 Å². The van der Waals surface area contributed by atoms with E-state index in [0.717, 1.165) is 12.0 Å². The minimum absolute atomic E-state index is 0.0574. The molecule has 1 aliphatic heterocycles. The molecule has 2 aromatic rings. The zero-order valence-corrected chi connectivity index (χ0v) is 20.4. The minimum Gasteiger partial charge on any atom is -0.465 e. The molecule has 10 nitrogen and oxygen atoms in total. The van der Waals surface area contributed by atoms with E-state index in [1.807, 2.05) is 37.3 Å². The predicted octanol–water partition coefficient (Wildman–Crippen LogP) is 2.02. The van der Waals surface area contributed by atoms with Gasteiger partial charge in [0.05, 0.1) is 23.6 Å². The molecule has 1 fully saturated rings. The first-order chi connectivity index (χ1) is 16.7. The van der Waals surface area contributed by atoms with Crippen LogP contribution in [0.1, 0.15) is 35.7 Å². The summed E-state index contributed by atoms with van der Waals surface area (Å²) < 4.78 is 26.6. The molecule has 35 heavy (non-hydrogen) atoms. The fraction of sp³-hybridized carbons (Fsp3) is 0.417. The van der Waals surface area contributed by atoms with Gasteiger partial charge in [0.25, 0.3) is 5.91 Å². The molecule has 0 spiro atoms. The number of nitrogens with zero attached hydrogens (tertiary/aromatic N) is 1. The number of hydrogen-bond donors (Lipinski definition) is 5. The maximum atomic E-state index is 13.3. The molecule has 1 aliphatic rings. The van der Waals surface area contributed by atoms with Gasteiger partial charge in [-0.1, -0.05) is 30.3 Å². The van der Waals surface area contributed by atoms with Crippen molar-refractivity contribution in [3.63, 3.8) is 0 Å². The van der Waals surface area contributed by atoms with Crippen molar-refractivity contribution in [3.8, 4) is 0 Å². The number of nitrogens with one attached hydrogen (secondary N) is 3. The van der Waals surface area contributed by atoms with Crippen molar-refractivity contribution in [3.05, 3.63) is 59.7 Å². The Morgan fingerprint density at radius 3 is 2.51 bits per heavy atom. The quantitative estimate of drug-likeness (QED) is 0.332. The number of carbonyl (C=O) groups is 2. The van der Waals surface area contributed by atoms with Crippen LogP contribution >= 0.6 is 0 Å². The predicted molar refractivity (Wildman–Crippen MR) is 134 cm³/mol. The van der Waals surface area contributed by atoms with Gasteiger partial charge in [0.1, 0.15) is 0 Å². The van der Waals surface area contributed by atoms with E-state index in [9.17, 15) is 23.1 Å². The maximum absolute atomic E-state index is 13.3. The second-order valence-corrected chi connectivity index (χ2v) is 10.4. The highest BCUT2D eigenvalue weighted by Crippen LogP contribution is 2.28. The van der Waals surface area contributed by atoms with E-state index >= 15 is 0 Å². The van der Waals surface area contributed by atoms with Crippen LogP contribution in [-0.4, -0.2) is 68.2 Å². The fourth-order valence-corrected chi connectivity index (χ4v) is 5.63. The Hall–Kier alpha value is -3.31. The van der Waals surface area contributed by atoms with Crippen molar-refractivity contribution in [2.24, 2.45) is 0 Å². The van der Waals surface area contributed by atoms with Gasteiger partial charge in [0, 0.05) is 30.9 Å². The highest BCUT2D eigenvalue weighted by molar-refractivity contribution is 7.92. The van der Waals surface area contributed by atoms with Crippen LogP contribution in [0.15, 0.2) is 48.5 Å². The number of carboxylic acid groups (broad SMARTS) is 1. The van der Waals surface area contributed by atoms with Crippen LogP contribution < -0.4 is 20.3 Å². The van der Waals surface area contributed by atoms with Crippen LogP contribution in [0.5, 0.6) is 0 Å². The highest BCUT2D eigenvalue weighted by atomic mass is 32.2. The first-order valence-electron chi connectivity index (χ1n) is 11.6. The standard InChI is InChI=1S/C24H32N4O6S/c1-2-25-19-13-18(14-20(15-19)28-10-6-7-11-35(28,33)34)23(30)27-21(22(29)16-26-24(31)32)12-17-8-4-3-5-9-17/h3-5,8-9,13-15,21-22,25-26,29H,2,6-7,10-12,16H2,1H3,(H,27,30)(H,31,32)/t21-,22+/m0/s1. The van der Waals surface area contributed by atoms with Gasteiger partial charge in [0.15, 0.2) is 0 Å². The molecule has 5 N–H and O–H groups in total. The molecule has 11 heteroatoms. The first kappa shape index (κ1) is 26.3. The topological polar surface area (TPSA) is 148 Å². The summed E-state index contributed by atoms with van der Waals surface area (Å²) in [6.45, 7) is 2.55. The smallest absolute Gasteiger partial charge is 0.404 e. The molecule has 0 bridgehead atoms. The molecule has 0 aromatic heterocycles. The van der Waals surface area contributed by atoms with Crippen molar-refractivity contribution < 1.29 is 28.2 Å². The number of benzene rings is 2. The van der Waals surface area contributed by atoms with Gasteiger partial charge in [-0.3, -0.25) is 9.10 Å². The zero-order chi connectivity index (χ0) is 25.4. The lowest BCUT2D eigenvalue weighted by Gasteiger charge is -2.29. The molecule has 0 saturated carbocycles. The summed E-state index contributed by atoms with van der Waals surface area (Å²) in [5.41, 5.74) is 2.09. The van der Waals surface area contributed by atoms with Gasteiger partial charge in [-0.05, 0) is 49.9 Å². The first-order valence-corrected chi connectivity index (χ1v) is 13.2. The van der Waals surface area contributed by atoms with Crippen molar-refractivity contribution in [1.29, 1.82) is 0 Å². The number of aliphatic hydroxyl groups excluding tert-OH is 1. The molecule has 0 unspecified atom stereocenters. The molecular weight excluding hydrogens is 472 g/mol. The summed E-state index contributed by atoms with van der Waals surface area (Å²) >= 11 is 0. The number of sulfonamides is 1. The van der Waals surface area contributed by atoms with Crippen molar-refractivity contribution in [2.45, 2.75) is 38.3 Å². The Labute approximate surface area is 205 Å². The lowest BCUT2D eigenvalue weighted by molar-refractivity contribution is 0.0830. The summed E-state index contributed by atoms with van der Waals surface area (Å²) in [5.74, 6) is -0.447. The molecule has 0 aliphatic carbocycles. The molecule has 1 saturated heterocycles. The number of anilines is 2. The van der Waals surface area contributed by atoms with Gasteiger partial charge in [-0.15, -0.1) is 0 Å². The molecule has 2 aromatic carbocycles. The Morgan fingerprint density at radius 1 is 1.11 bits per heavy atom. The maximum Gasteiger partial charge on any atom is 0.404 e. The molecule has 2 atom stereocenters. The number of carbonyl (C=O) groups excluding carboxylic acids is 1. The second kappa shape index (κ2) is 11.9. The molecular formula is C24H32N4O6S. The Morgan fingerprint density at radius 2 is 1.86 bits per heavy atom. The van der Waals surface area contributed by atoms with E-state index in [-0.39, 0.29) is 24.3 Å². The normalized spacial score (nSPS) is 16.7.